The van der Waals surface area contributed by atoms with E-state index in [-0.39, 0.29) is 0 Å². The molecule has 2 heterocycles. The van der Waals surface area contributed by atoms with Crippen LogP contribution in [-0.2, 0) is 0 Å². The highest BCUT2D eigenvalue weighted by molar-refractivity contribution is 7.98. The standard InChI is InChI=1S/C14H16N4S/c1-8-16-12-13(18(8)9(2)19-3)10-6-4-5-7-11(10)17-14(12)15/h4-7,9H,1-3H3,(H2,15,17). The first-order chi connectivity index (χ1) is 9.13. The largest absolute Gasteiger partial charge is 0.382 e. The normalized spacial score (nSPS) is 13.2. The Morgan fingerprint density at radius 1 is 1.26 bits per heavy atom. The van der Waals surface area contributed by atoms with E-state index in [1.165, 1.54) is 0 Å². The number of aromatic nitrogens is 3. The van der Waals surface area contributed by atoms with Crippen LogP contribution in [0.15, 0.2) is 24.3 Å². The molecular formula is C14H16N4S. The van der Waals surface area contributed by atoms with Gasteiger partial charge in [0, 0.05) is 5.39 Å². The summed E-state index contributed by atoms with van der Waals surface area (Å²) in [5.74, 6) is 1.48. The highest BCUT2D eigenvalue weighted by Gasteiger charge is 2.17. The summed E-state index contributed by atoms with van der Waals surface area (Å²) in [6.45, 7) is 4.19. The van der Waals surface area contributed by atoms with Gasteiger partial charge in [-0.2, -0.15) is 0 Å². The third kappa shape index (κ3) is 1.76. The predicted molar refractivity (Wildman–Crippen MR) is 82.4 cm³/mol. The number of rotatable bonds is 2. The van der Waals surface area contributed by atoms with Crippen molar-refractivity contribution in [2.45, 2.75) is 19.2 Å². The van der Waals surface area contributed by atoms with Gasteiger partial charge in [-0.3, -0.25) is 0 Å². The van der Waals surface area contributed by atoms with E-state index in [2.05, 4.69) is 33.8 Å². The predicted octanol–water partition coefficient (Wildman–Crippen LogP) is 3.36. The summed E-state index contributed by atoms with van der Waals surface area (Å²) in [6.07, 6.45) is 2.10. The molecule has 3 aromatic rings. The summed E-state index contributed by atoms with van der Waals surface area (Å²) in [6, 6.07) is 8.07. The molecule has 5 heteroatoms. The van der Waals surface area contributed by atoms with Crippen molar-refractivity contribution in [3.63, 3.8) is 0 Å². The summed E-state index contributed by atoms with van der Waals surface area (Å²) in [7, 11) is 0. The second-order valence-corrected chi connectivity index (χ2v) is 5.73. The van der Waals surface area contributed by atoms with Crippen LogP contribution < -0.4 is 5.73 Å². The molecule has 0 fully saturated rings. The average Bonchev–Trinajstić information content (AvgIpc) is 2.76. The molecule has 0 spiro atoms. The smallest absolute Gasteiger partial charge is 0.152 e. The zero-order valence-electron chi connectivity index (χ0n) is 11.2. The average molecular weight is 272 g/mol. The fraction of sp³-hybridized carbons (Fsp3) is 0.286. The number of nitrogen functional groups attached to an aromatic ring is 1. The molecule has 2 N–H and O–H groups in total. The summed E-state index contributed by atoms with van der Waals surface area (Å²) >= 11 is 1.79. The Hall–Kier alpha value is -1.75. The first-order valence-corrected chi connectivity index (χ1v) is 7.48. The van der Waals surface area contributed by atoms with Crippen molar-refractivity contribution in [2.24, 2.45) is 0 Å². The second kappa shape index (κ2) is 4.42. The van der Waals surface area contributed by atoms with Crippen molar-refractivity contribution in [1.82, 2.24) is 14.5 Å². The monoisotopic (exact) mass is 272 g/mol. The number of fused-ring (bicyclic) bond motifs is 3. The van der Waals surface area contributed by atoms with E-state index in [0.717, 1.165) is 27.8 Å². The van der Waals surface area contributed by atoms with Crippen molar-refractivity contribution in [2.75, 3.05) is 12.0 Å². The molecule has 0 amide bonds. The van der Waals surface area contributed by atoms with Crippen LogP contribution in [0.1, 0.15) is 18.1 Å². The Labute approximate surface area is 116 Å². The number of nitrogens with zero attached hydrogens (tertiary/aromatic N) is 3. The van der Waals surface area contributed by atoms with Gasteiger partial charge in [0.1, 0.15) is 11.3 Å². The van der Waals surface area contributed by atoms with Crippen LogP contribution in [0.5, 0.6) is 0 Å². The Kier molecular flexibility index (Phi) is 2.86. The molecule has 19 heavy (non-hydrogen) atoms. The number of imidazole rings is 1. The van der Waals surface area contributed by atoms with Crippen LogP contribution >= 0.6 is 11.8 Å². The second-order valence-electron chi connectivity index (χ2n) is 4.58. The molecular weight excluding hydrogens is 256 g/mol. The Morgan fingerprint density at radius 2 is 2.00 bits per heavy atom. The van der Waals surface area contributed by atoms with Crippen LogP contribution in [0.2, 0.25) is 0 Å². The SMILES string of the molecule is CSC(C)n1c(C)nc2c(N)nc3ccccc3c21. The van der Waals surface area contributed by atoms with Gasteiger partial charge in [-0.15, -0.1) is 11.8 Å². The summed E-state index contributed by atoms with van der Waals surface area (Å²) in [5.41, 5.74) is 8.86. The molecule has 0 bridgehead atoms. The Morgan fingerprint density at radius 3 is 2.74 bits per heavy atom. The molecule has 3 rings (SSSR count). The van der Waals surface area contributed by atoms with Gasteiger partial charge in [-0.05, 0) is 26.2 Å². The number of hydrogen-bond acceptors (Lipinski definition) is 4. The van der Waals surface area contributed by atoms with Crippen molar-refractivity contribution >= 4 is 39.5 Å². The van der Waals surface area contributed by atoms with Gasteiger partial charge in [0.05, 0.1) is 16.4 Å². The number of nitrogens with two attached hydrogens (primary N) is 1. The zero-order valence-corrected chi connectivity index (χ0v) is 12.0. The van der Waals surface area contributed by atoms with Gasteiger partial charge in [0.25, 0.3) is 0 Å². The third-order valence-electron chi connectivity index (χ3n) is 3.43. The highest BCUT2D eigenvalue weighted by Crippen LogP contribution is 2.33. The fourth-order valence-corrected chi connectivity index (χ4v) is 2.95. The van der Waals surface area contributed by atoms with Gasteiger partial charge < -0.3 is 10.3 Å². The van der Waals surface area contributed by atoms with Crippen molar-refractivity contribution in [3.8, 4) is 0 Å². The fourth-order valence-electron chi connectivity index (χ4n) is 2.48. The number of pyridine rings is 1. The van der Waals surface area contributed by atoms with E-state index in [4.69, 9.17) is 5.73 Å². The van der Waals surface area contributed by atoms with Gasteiger partial charge in [0.15, 0.2) is 5.82 Å². The minimum Gasteiger partial charge on any atom is -0.382 e. The minimum absolute atomic E-state index is 0.315. The van der Waals surface area contributed by atoms with Gasteiger partial charge >= 0.3 is 0 Å². The topological polar surface area (TPSA) is 56.7 Å². The lowest BCUT2D eigenvalue weighted by molar-refractivity contribution is 0.735. The molecule has 1 unspecified atom stereocenters. The lowest BCUT2D eigenvalue weighted by Crippen LogP contribution is -2.03. The number of thioether (sulfide) groups is 1. The van der Waals surface area contributed by atoms with Crippen molar-refractivity contribution < 1.29 is 0 Å². The molecule has 0 radical (unpaired) electrons. The van der Waals surface area contributed by atoms with E-state index in [0.29, 0.717) is 11.2 Å². The van der Waals surface area contributed by atoms with E-state index in [9.17, 15) is 0 Å². The molecule has 4 nitrogen and oxygen atoms in total. The van der Waals surface area contributed by atoms with Crippen LogP contribution in [0, 0.1) is 6.92 Å². The van der Waals surface area contributed by atoms with E-state index >= 15 is 0 Å². The van der Waals surface area contributed by atoms with Crippen LogP contribution in [0.25, 0.3) is 21.9 Å². The quantitative estimate of drug-likeness (QED) is 0.777. The lowest BCUT2D eigenvalue weighted by Gasteiger charge is -2.14. The van der Waals surface area contributed by atoms with Gasteiger partial charge in [-0.25, -0.2) is 9.97 Å². The van der Waals surface area contributed by atoms with E-state index < -0.39 is 0 Å². The van der Waals surface area contributed by atoms with Gasteiger partial charge in [0.2, 0.25) is 0 Å². The molecule has 0 aliphatic rings. The van der Waals surface area contributed by atoms with Gasteiger partial charge in [-0.1, -0.05) is 18.2 Å². The maximum atomic E-state index is 6.05. The number of benzene rings is 1. The maximum Gasteiger partial charge on any atom is 0.152 e. The lowest BCUT2D eigenvalue weighted by atomic mass is 10.2. The van der Waals surface area contributed by atoms with Crippen molar-refractivity contribution in [1.29, 1.82) is 0 Å². The molecule has 2 aromatic heterocycles. The molecule has 0 aliphatic heterocycles. The maximum absolute atomic E-state index is 6.05. The summed E-state index contributed by atoms with van der Waals surface area (Å²) < 4.78 is 2.24. The molecule has 1 atom stereocenters. The third-order valence-corrected chi connectivity index (χ3v) is 4.33. The molecule has 98 valence electrons. The number of hydrogen-bond donors (Lipinski definition) is 1. The Balaban J connectivity index is 2.53. The number of para-hydroxylation sites is 1. The summed E-state index contributed by atoms with van der Waals surface area (Å²) in [4.78, 5) is 9.03. The number of aryl methyl sites for hydroxylation is 1. The molecule has 0 saturated carbocycles. The Bertz CT molecular complexity index is 763. The van der Waals surface area contributed by atoms with Crippen LogP contribution in [0.3, 0.4) is 0 Å². The van der Waals surface area contributed by atoms with Crippen LogP contribution in [-0.4, -0.2) is 20.8 Å². The van der Waals surface area contributed by atoms with E-state index in [1.807, 2.05) is 25.1 Å². The summed E-state index contributed by atoms with van der Waals surface area (Å²) in [5, 5.41) is 1.42. The van der Waals surface area contributed by atoms with E-state index in [1.54, 1.807) is 11.8 Å². The molecule has 0 saturated heterocycles. The number of anilines is 1. The first-order valence-electron chi connectivity index (χ1n) is 6.19. The highest BCUT2D eigenvalue weighted by atomic mass is 32.2. The van der Waals surface area contributed by atoms with Crippen LogP contribution in [0.4, 0.5) is 5.82 Å². The van der Waals surface area contributed by atoms with Crippen molar-refractivity contribution in [3.05, 3.63) is 30.1 Å². The minimum atomic E-state index is 0.315. The molecule has 0 aliphatic carbocycles. The zero-order chi connectivity index (χ0) is 13.6. The first kappa shape index (κ1) is 12.3. The molecule has 1 aromatic carbocycles.